The Labute approximate surface area is 171 Å². The molecule has 2 amide bonds. The zero-order valence-corrected chi connectivity index (χ0v) is 18.0. The summed E-state index contributed by atoms with van der Waals surface area (Å²) in [6.45, 7) is 8.56. The number of hydrogen-bond acceptors (Lipinski definition) is 4. The minimum Gasteiger partial charge on any atom is -0.494 e. The molecular weight excluding hydrogens is 372 g/mol. The Morgan fingerprint density at radius 2 is 1.68 bits per heavy atom. The van der Waals surface area contributed by atoms with Crippen molar-refractivity contribution in [1.82, 2.24) is 4.90 Å². The molecule has 0 radical (unpaired) electrons. The number of carbonyl (C=O) groups excluding carboxylic acids is 2. The molecule has 0 unspecified atom stereocenters. The zero-order valence-electron chi connectivity index (χ0n) is 17.2. The van der Waals surface area contributed by atoms with Crippen LogP contribution in [0.1, 0.15) is 23.6 Å². The number of ether oxygens (including phenoxy) is 1. The summed E-state index contributed by atoms with van der Waals surface area (Å²) in [7, 11) is 1.65. The maximum absolute atomic E-state index is 12.4. The van der Waals surface area contributed by atoms with Crippen LogP contribution in [0.25, 0.3) is 0 Å². The highest BCUT2D eigenvalue weighted by Gasteiger charge is 2.15. The van der Waals surface area contributed by atoms with Crippen LogP contribution in [0.2, 0.25) is 0 Å². The number of hydrogen-bond donors (Lipinski definition) is 1. The molecule has 2 rings (SSSR count). The first kappa shape index (κ1) is 21.8. The average Bonchev–Trinajstić information content (AvgIpc) is 2.64. The molecule has 0 atom stereocenters. The predicted molar refractivity (Wildman–Crippen MR) is 115 cm³/mol. The average molecular weight is 401 g/mol. The number of rotatable bonds is 8. The van der Waals surface area contributed by atoms with Crippen molar-refractivity contribution in [3.63, 3.8) is 0 Å². The molecule has 0 bridgehead atoms. The number of thioether (sulfide) groups is 1. The Balaban J connectivity index is 1.85. The van der Waals surface area contributed by atoms with E-state index in [1.165, 1.54) is 16.7 Å². The van der Waals surface area contributed by atoms with Crippen molar-refractivity contribution in [3.05, 3.63) is 53.1 Å². The molecule has 0 aliphatic carbocycles. The van der Waals surface area contributed by atoms with Crippen LogP contribution < -0.4 is 10.1 Å². The van der Waals surface area contributed by atoms with E-state index in [1.54, 1.807) is 7.05 Å². The van der Waals surface area contributed by atoms with Gasteiger partial charge in [0, 0.05) is 17.6 Å². The third-order valence-electron chi connectivity index (χ3n) is 4.25. The van der Waals surface area contributed by atoms with E-state index in [0.717, 1.165) is 33.0 Å². The maximum atomic E-state index is 12.4. The first-order chi connectivity index (χ1) is 13.3. The van der Waals surface area contributed by atoms with Crippen LogP contribution in [0.4, 0.5) is 5.69 Å². The van der Waals surface area contributed by atoms with Gasteiger partial charge in [-0.15, -0.1) is 11.8 Å². The van der Waals surface area contributed by atoms with Crippen LogP contribution in [0.3, 0.4) is 0 Å². The summed E-state index contributed by atoms with van der Waals surface area (Å²) < 4.78 is 5.41. The van der Waals surface area contributed by atoms with Gasteiger partial charge in [-0.05, 0) is 63.1 Å². The van der Waals surface area contributed by atoms with Gasteiger partial charge in [0.25, 0.3) is 0 Å². The van der Waals surface area contributed by atoms with Gasteiger partial charge in [-0.25, -0.2) is 0 Å². The molecule has 6 heteroatoms. The fourth-order valence-electron chi connectivity index (χ4n) is 2.91. The monoisotopic (exact) mass is 400 g/mol. The molecule has 5 nitrogen and oxygen atoms in total. The first-order valence-electron chi connectivity index (χ1n) is 9.27. The largest absolute Gasteiger partial charge is 0.494 e. The quantitative estimate of drug-likeness (QED) is 0.675. The van der Waals surface area contributed by atoms with Gasteiger partial charge in [0.15, 0.2) is 0 Å². The van der Waals surface area contributed by atoms with Crippen molar-refractivity contribution in [2.45, 2.75) is 32.6 Å². The summed E-state index contributed by atoms with van der Waals surface area (Å²) in [5.41, 5.74) is 4.02. The van der Waals surface area contributed by atoms with Gasteiger partial charge >= 0.3 is 0 Å². The van der Waals surface area contributed by atoms with Crippen molar-refractivity contribution in [3.8, 4) is 5.75 Å². The maximum Gasteiger partial charge on any atom is 0.243 e. The lowest BCUT2D eigenvalue weighted by Gasteiger charge is -2.18. The molecule has 0 heterocycles. The zero-order chi connectivity index (χ0) is 20.7. The molecule has 2 aromatic rings. The van der Waals surface area contributed by atoms with Crippen LogP contribution >= 0.6 is 11.8 Å². The molecule has 0 aliphatic rings. The Bertz CT molecular complexity index is 811. The lowest BCUT2D eigenvalue weighted by Crippen LogP contribution is -2.36. The lowest BCUT2D eigenvalue weighted by atomic mass is 10.1. The lowest BCUT2D eigenvalue weighted by molar-refractivity contribution is -0.131. The fourth-order valence-corrected chi connectivity index (χ4v) is 3.75. The van der Waals surface area contributed by atoms with Crippen molar-refractivity contribution in [2.75, 3.05) is 31.3 Å². The number of carbonyl (C=O) groups is 2. The van der Waals surface area contributed by atoms with E-state index in [0.29, 0.717) is 6.61 Å². The van der Waals surface area contributed by atoms with Gasteiger partial charge in [0.1, 0.15) is 5.75 Å². The topological polar surface area (TPSA) is 58.6 Å². The van der Waals surface area contributed by atoms with E-state index >= 15 is 0 Å². The highest BCUT2D eigenvalue weighted by Crippen LogP contribution is 2.23. The van der Waals surface area contributed by atoms with E-state index in [2.05, 4.69) is 5.32 Å². The van der Waals surface area contributed by atoms with E-state index in [9.17, 15) is 9.59 Å². The van der Waals surface area contributed by atoms with Crippen LogP contribution in [-0.4, -0.2) is 42.7 Å². The normalized spacial score (nSPS) is 10.5. The second-order valence-corrected chi connectivity index (χ2v) is 7.81. The van der Waals surface area contributed by atoms with Crippen molar-refractivity contribution in [2.24, 2.45) is 0 Å². The van der Waals surface area contributed by atoms with Gasteiger partial charge < -0.3 is 15.0 Å². The Kier molecular flexibility index (Phi) is 7.93. The third kappa shape index (κ3) is 6.30. The number of nitrogens with zero attached hydrogens (tertiary/aromatic N) is 1. The van der Waals surface area contributed by atoms with Crippen LogP contribution in [0, 0.1) is 20.8 Å². The number of amides is 2. The molecule has 0 aromatic heterocycles. The molecule has 1 N–H and O–H groups in total. The summed E-state index contributed by atoms with van der Waals surface area (Å²) in [5, 5.41) is 2.93. The summed E-state index contributed by atoms with van der Waals surface area (Å²) >= 11 is 1.44. The van der Waals surface area contributed by atoms with Gasteiger partial charge in [0.05, 0.1) is 18.9 Å². The Morgan fingerprint density at radius 1 is 1.07 bits per heavy atom. The molecule has 2 aromatic carbocycles. The molecule has 150 valence electrons. The fraction of sp³-hybridized carbons (Fsp3) is 0.364. The highest BCUT2D eigenvalue weighted by atomic mass is 32.2. The number of aryl methyl sites for hydroxylation is 3. The number of nitrogens with one attached hydrogen (secondary N) is 1. The second kappa shape index (κ2) is 10.2. The molecular formula is C22H28N2O3S. The molecule has 0 aliphatic heterocycles. The summed E-state index contributed by atoms with van der Waals surface area (Å²) in [5.74, 6) is 0.803. The van der Waals surface area contributed by atoms with Crippen molar-refractivity contribution in [1.29, 1.82) is 0 Å². The van der Waals surface area contributed by atoms with Gasteiger partial charge in [0.2, 0.25) is 11.8 Å². The standard InChI is InChI=1S/C22H28N2O3S/c1-6-27-18-7-9-19(10-8-18)28-14-21(26)24(5)13-20(25)23-22-16(3)11-15(2)12-17(22)4/h7-12H,6,13-14H2,1-5H3,(H,23,25). The van der Waals surface area contributed by atoms with Crippen LogP contribution in [0.15, 0.2) is 41.3 Å². The predicted octanol–water partition coefficient (Wildman–Crippen LogP) is 4.20. The molecule has 28 heavy (non-hydrogen) atoms. The Hall–Kier alpha value is -2.47. The molecule has 0 spiro atoms. The smallest absolute Gasteiger partial charge is 0.243 e. The van der Waals surface area contributed by atoms with E-state index in [-0.39, 0.29) is 24.1 Å². The van der Waals surface area contributed by atoms with Crippen molar-refractivity contribution >= 4 is 29.3 Å². The highest BCUT2D eigenvalue weighted by molar-refractivity contribution is 8.00. The number of likely N-dealkylation sites (N-methyl/N-ethyl adjacent to an activating group) is 1. The van der Waals surface area contributed by atoms with E-state index in [1.807, 2.05) is 64.1 Å². The molecule has 0 fully saturated rings. The van der Waals surface area contributed by atoms with Gasteiger partial charge in [-0.3, -0.25) is 9.59 Å². The summed E-state index contributed by atoms with van der Waals surface area (Å²) in [6.07, 6.45) is 0. The van der Waals surface area contributed by atoms with Crippen LogP contribution in [0.5, 0.6) is 5.75 Å². The van der Waals surface area contributed by atoms with Gasteiger partial charge in [-0.2, -0.15) is 0 Å². The van der Waals surface area contributed by atoms with Crippen LogP contribution in [-0.2, 0) is 9.59 Å². The third-order valence-corrected chi connectivity index (χ3v) is 5.24. The second-order valence-electron chi connectivity index (χ2n) is 6.76. The van der Waals surface area contributed by atoms with E-state index < -0.39 is 0 Å². The minimum atomic E-state index is -0.197. The van der Waals surface area contributed by atoms with Gasteiger partial charge in [-0.1, -0.05) is 17.7 Å². The molecule has 0 saturated heterocycles. The van der Waals surface area contributed by atoms with Crippen molar-refractivity contribution < 1.29 is 14.3 Å². The first-order valence-corrected chi connectivity index (χ1v) is 10.3. The Morgan fingerprint density at radius 3 is 2.25 bits per heavy atom. The number of benzene rings is 2. The number of anilines is 1. The summed E-state index contributed by atoms with van der Waals surface area (Å²) in [6, 6.07) is 11.7. The van der Waals surface area contributed by atoms with E-state index in [4.69, 9.17) is 4.74 Å². The summed E-state index contributed by atoms with van der Waals surface area (Å²) in [4.78, 5) is 27.2. The molecule has 0 saturated carbocycles. The SMILES string of the molecule is CCOc1ccc(SCC(=O)N(C)CC(=O)Nc2c(C)cc(C)cc2C)cc1. The minimum absolute atomic E-state index is 0.0232.